The van der Waals surface area contributed by atoms with Crippen molar-refractivity contribution in [2.24, 2.45) is 23.7 Å². The molecule has 0 N–H and O–H groups in total. The van der Waals surface area contributed by atoms with Gasteiger partial charge >= 0.3 is 0 Å². The third-order valence-corrected chi connectivity index (χ3v) is 4.81. The van der Waals surface area contributed by atoms with E-state index in [-0.39, 0.29) is 0 Å². The van der Waals surface area contributed by atoms with E-state index in [2.05, 4.69) is 26.0 Å². The molecule has 0 amide bonds. The van der Waals surface area contributed by atoms with E-state index in [1.807, 2.05) is 12.5 Å². The highest BCUT2D eigenvalue weighted by Gasteiger charge is 2.17. The molecule has 0 spiro atoms. The highest BCUT2D eigenvalue weighted by molar-refractivity contribution is 4.91. The predicted octanol–water partition coefficient (Wildman–Crippen LogP) is 5.68. The summed E-state index contributed by atoms with van der Waals surface area (Å²) in [6.45, 7) is 4.73. The normalized spacial score (nSPS) is 36.9. The predicted molar refractivity (Wildman–Crippen MR) is 81.6 cm³/mol. The zero-order valence-electron chi connectivity index (χ0n) is 12.7. The summed E-state index contributed by atoms with van der Waals surface area (Å²) in [5, 5.41) is 0. The molecule has 2 aliphatic carbocycles. The molecule has 108 valence electrons. The van der Waals surface area contributed by atoms with Gasteiger partial charge in [0.05, 0.1) is 12.5 Å². The van der Waals surface area contributed by atoms with Crippen molar-refractivity contribution in [2.75, 3.05) is 0 Å². The van der Waals surface area contributed by atoms with E-state index >= 15 is 0 Å². The van der Waals surface area contributed by atoms with Crippen LogP contribution in [0, 0.1) is 23.7 Å². The third kappa shape index (κ3) is 5.42. The maximum atomic E-state index is 5.55. The van der Waals surface area contributed by atoms with E-state index in [0.29, 0.717) is 0 Å². The first-order valence-electron chi connectivity index (χ1n) is 8.23. The van der Waals surface area contributed by atoms with Gasteiger partial charge in [-0.1, -0.05) is 39.5 Å². The molecule has 2 fully saturated rings. The highest BCUT2D eigenvalue weighted by Crippen LogP contribution is 2.30. The van der Waals surface area contributed by atoms with Gasteiger partial charge in [0.1, 0.15) is 0 Å². The minimum atomic E-state index is 0.742. The molecule has 19 heavy (non-hydrogen) atoms. The van der Waals surface area contributed by atoms with Crippen molar-refractivity contribution >= 4 is 0 Å². The minimum absolute atomic E-state index is 0.742. The summed E-state index contributed by atoms with van der Waals surface area (Å²) < 4.78 is 5.55. The van der Waals surface area contributed by atoms with Gasteiger partial charge in [0.15, 0.2) is 0 Å². The Morgan fingerprint density at radius 1 is 0.737 bits per heavy atom. The molecule has 4 unspecified atom stereocenters. The number of hydrogen-bond acceptors (Lipinski definition) is 1. The van der Waals surface area contributed by atoms with Crippen LogP contribution in [0.4, 0.5) is 0 Å². The van der Waals surface area contributed by atoms with Crippen molar-refractivity contribution in [3.05, 3.63) is 24.7 Å². The lowest BCUT2D eigenvalue weighted by Gasteiger charge is -2.24. The van der Waals surface area contributed by atoms with Crippen molar-refractivity contribution in [3.63, 3.8) is 0 Å². The van der Waals surface area contributed by atoms with Gasteiger partial charge in [0.2, 0.25) is 0 Å². The maximum Gasteiger partial charge on any atom is 0.0864 e. The number of hydrogen-bond donors (Lipinski definition) is 0. The molecule has 0 aromatic carbocycles. The van der Waals surface area contributed by atoms with Crippen molar-refractivity contribution < 1.29 is 4.74 Å². The van der Waals surface area contributed by atoms with Crippen LogP contribution >= 0.6 is 0 Å². The molecule has 0 aromatic rings. The van der Waals surface area contributed by atoms with Gasteiger partial charge in [-0.2, -0.15) is 0 Å². The molecular weight excluding hydrogens is 232 g/mol. The molecule has 2 aliphatic rings. The molecule has 1 nitrogen and oxygen atoms in total. The summed E-state index contributed by atoms with van der Waals surface area (Å²) in [7, 11) is 0. The van der Waals surface area contributed by atoms with Crippen molar-refractivity contribution in [2.45, 2.75) is 65.2 Å². The van der Waals surface area contributed by atoms with Gasteiger partial charge in [0, 0.05) is 0 Å². The van der Waals surface area contributed by atoms with Crippen LogP contribution in [0.1, 0.15) is 65.2 Å². The van der Waals surface area contributed by atoms with E-state index in [1.54, 1.807) is 0 Å². The number of rotatable bonds is 4. The fourth-order valence-corrected chi connectivity index (χ4v) is 3.67. The summed E-state index contributed by atoms with van der Waals surface area (Å²) in [5.41, 5.74) is 0. The van der Waals surface area contributed by atoms with Gasteiger partial charge in [-0.3, -0.25) is 0 Å². The van der Waals surface area contributed by atoms with Gasteiger partial charge < -0.3 is 4.74 Å². The summed E-state index contributed by atoms with van der Waals surface area (Å²) in [4.78, 5) is 0. The molecule has 0 radical (unpaired) electrons. The molecule has 0 aromatic heterocycles. The molecule has 0 heterocycles. The van der Waals surface area contributed by atoms with Gasteiger partial charge in [-0.25, -0.2) is 0 Å². The number of allylic oxidation sites excluding steroid dienone is 2. The molecule has 4 atom stereocenters. The van der Waals surface area contributed by atoms with Crippen molar-refractivity contribution in [3.8, 4) is 0 Å². The third-order valence-electron chi connectivity index (χ3n) is 4.81. The monoisotopic (exact) mass is 262 g/mol. The smallest absolute Gasteiger partial charge is 0.0864 e. The fraction of sp³-hybridized carbons (Fsp3) is 0.778. The molecule has 2 rings (SSSR count). The van der Waals surface area contributed by atoms with Gasteiger partial charge in [-0.15, -0.1) is 0 Å². The summed E-state index contributed by atoms with van der Waals surface area (Å²) >= 11 is 0. The summed E-state index contributed by atoms with van der Waals surface area (Å²) in [5.74, 6) is 3.27. The SMILES string of the molecule is CC1CCCC(C=COC=CC2CCCC(C)C2)C1. The molecule has 1 heteroatoms. The topological polar surface area (TPSA) is 9.23 Å². The van der Waals surface area contributed by atoms with Crippen LogP contribution in [0.15, 0.2) is 24.7 Å². The Morgan fingerprint density at radius 2 is 1.21 bits per heavy atom. The summed E-state index contributed by atoms with van der Waals surface area (Å²) in [6, 6.07) is 0. The molecule has 0 bridgehead atoms. The standard InChI is InChI=1S/C18H30O/c1-15-5-3-7-17(13-15)9-11-19-12-10-18-8-4-6-16(2)14-18/h9-12,15-18H,3-8,13-14H2,1-2H3. The Bertz CT molecular complexity index is 275. The van der Waals surface area contributed by atoms with Crippen LogP contribution in [-0.2, 0) is 4.74 Å². The van der Waals surface area contributed by atoms with E-state index in [9.17, 15) is 0 Å². The van der Waals surface area contributed by atoms with E-state index in [1.165, 1.54) is 51.4 Å². The molecule has 2 saturated carbocycles. The number of ether oxygens (including phenoxy) is 1. The Hall–Kier alpha value is -0.720. The van der Waals surface area contributed by atoms with Crippen LogP contribution in [0.25, 0.3) is 0 Å². The van der Waals surface area contributed by atoms with Crippen LogP contribution in [0.3, 0.4) is 0 Å². The second-order valence-corrected chi connectivity index (χ2v) is 6.86. The first-order valence-corrected chi connectivity index (χ1v) is 8.23. The van der Waals surface area contributed by atoms with Crippen LogP contribution < -0.4 is 0 Å². The minimum Gasteiger partial charge on any atom is -0.473 e. The average Bonchev–Trinajstić information content (AvgIpc) is 2.38. The largest absolute Gasteiger partial charge is 0.473 e. The van der Waals surface area contributed by atoms with Crippen molar-refractivity contribution in [1.82, 2.24) is 0 Å². The van der Waals surface area contributed by atoms with Crippen LogP contribution in [0.5, 0.6) is 0 Å². The first kappa shape index (κ1) is 14.7. The molecule has 0 saturated heterocycles. The Morgan fingerprint density at radius 3 is 1.63 bits per heavy atom. The second kappa shape index (κ2) is 7.77. The van der Waals surface area contributed by atoms with Crippen molar-refractivity contribution in [1.29, 1.82) is 0 Å². The lowest BCUT2D eigenvalue weighted by atomic mass is 9.82. The van der Waals surface area contributed by atoms with Crippen LogP contribution in [0.2, 0.25) is 0 Å². The Labute approximate surface area is 119 Å². The van der Waals surface area contributed by atoms with E-state index < -0.39 is 0 Å². The van der Waals surface area contributed by atoms with E-state index in [4.69, 9.17) is 4.74 Å². The fourth-order valence-electron chi connectivity index (χ4n) is 3.67. The van der Waals surface area contributed by atoms with Crippen LogP contribution in [-0.4, -0.2) is 0 Å². The lowest BCUT2D eigenvalue weighted by Crippen LogP contribution is -2.11. The Kier molecular flexibility index (Phi) is 6.00. The quantitative estimate of drug-likeness (QED) is 0.592. The van der Waals surface area contributed by atoms with Gasteiger partial charge in [0.25, 0.3) is 0 Å². The second-order valence-electron chi connectivity index (χ2n) is 6.86. The first-order chi connectivity index (χ1) is 9.24. The molecular formula is C18H30O. The average molecular weight is 262 g/mol. The molecule has 0 aliphatic heterocycles. The lowest BCUT2D eigenvalue weighted by molar-refractivity contribution is 0.309. The van der Waals surface area contributed by atoms with E-state index in [0.717, 1.165) is 23.7 Å². The summed E-state index contributed by atoms with van der Waals surface area (Å²) in [6.07, 6.45) is 19.3. The zero-order chi connectivity index (χ0) is 13.5. The zero-order valence-corrected chi connectivity index (χ0v) is 12.7. The van der Waals surface area contributed by atoms with Gasteiger partial charge in [-0.05, 0) is 61.5 Å². The maximum absolute atomic E-state index is 5.55. The Balaban J connectivity index is 1.65. The highest BCUT2D eigenvalue weighted by atomic mass is 16.5.